The number of allylic oxidation sites excluding steroid dienone is 1. The molecule has 0 aliphatic heterocycles. The van der Waals surface area contributed by atoms with Crippen molar-refractivity contribution in [1.29, 1.82) is 0 Å². The second-order valence-electron chi connectivity index (χ2n) is 4.06. The Hall–Kier alpha value is -2.10. The topological polar surface area (TPSA) is 55.4 Å². The highest BCUT2D eigenvalue weighted by Gasteiger charge is 2.06. The molecule has 0 aromatic heterocycles. The third-order valence-electron chi connectivity index (χ3n) is 2.44. The van der Waals surface area contributed by atoms with Gasteiger partial charge in [-0.1, -0.05) is 19.4 Å². The van der Waals surface area contributed by atoms with Crippen LogP contribution in [0.3, 0.4) is 0 Å². The number of hydrogen-bond acceptors (Lipinski definition) is 3. The van der Waals surface area contributed by atoms with E-state index in [4.69, 9.17) is 4.74 Å². The second-order valence-corrected chi connectivity index (χ2v) is 4.06. The van der Waals surface area contributed by atoms with Crippen LogP contribution in [0.15, 0.2) is 36.4 Å². The number of unbranched alkanes of at least 4 members (excludes halogenated alkanes) is 1. The minimum atomic E-state index is -0.334. The summed E-state index contributed by atoms with van der Waals surface area (Å²) >= 11 is 0. The third-order valence-corrected chi connectivity index (χ3v) is 2.44. The minimum Gasteiger partial charge on any atom is -0.462 e. The number of anilines is 1. The molecule has 0 aliphatic rings. The van der Waals surface area contributed by atoms with Crippen LogP contribution in [0.4, 0.5) is 5.69 Å². The summed E-state index contributed by atoms with van der Waals surface area (Å²) in [6.45, 7) is 4.25. The van der Waals surface area contributed by atoms with E-state index in [2.05, 4.69) is 5.32 Å². The quantitative estimate of drug-likeness (QED) is 0.486. The predicted molar refractivity (Wildman–Crippen MR) is 75.1 cm³/mol. The molecule has 1 N–H and O–H groups in total. The summed E-state index contributed by atoms with van der Waals surface area (Å²) in [5.41, 5.74) is 1.13. The van der Waals surface area contributed by atoms with Crippen LogP contribution in [-0.4, -0.2) is 18.5 Å². The number of nitrogens with one attached hydrogen (secondary N) is 1. The first-order chi connectivity index (χ1) is 9.17. The van der Waals surface area contributed by atoms with E-state index in [1.165, 1.54) is 6.08 Å². The highest BCUT2D eigenvalue weighted by molar-refractivity contribution is 5.99. The van der Waals surface area contributed by atoms with Crippen molar-refractivity contribution in [2.45, 2.75) is 26.7 Å². The standard InChI is InChI=1S/C15H19NO3/c1-3-5-11-19-15(18)12-7-9-13(10-8-12)16-14(17)6-4-2/h4,6-10H,3,5,11H2,1-2H3,(H,16,17). The fraction of sp³-hybridized carbons (Fsp3) is 0.333. The van der Waals surface area contributed by atoms with Crippen molar-refractivity contribution in [3.8, 4) is 0 Å². The van der Waals surface area contributed by atoms with Crippen LogP contribution >= 0.6 is 0 Å². The Balaban J connectivity index is 2.55. The first kappa shape index (κ1) is 15.0. The van der Waals surface area contributed by atoms with E-state index in [9.17, 15) is 9.59 Å². The maximum Gasteiger partial charge on any atom is 0.338 e. The zero-order chi connectivity index (χ0) is 14.1. The van der Waals surface area contributed by atoms with Crippen molar-refractivity contribution in [3.05, 3.63) is 42.0 Å². The van der Waals surface area contributed by atoms with Crippen molar-refractivity contribution in [1.82, 2.24) is 0 Å². The monoisotopic (exact) mass is 261 g/mol. The molecule has 0 heterocycles. The molecule has 4 nitrogen and oxygen atoms in total. The van der Waals surface area contributed by atoms with Crippen LogP contribution in [0.5, 0.6) is 0 Å². The summed E-state index contributed by atoms with van der Waals surface area (Å²) in [4.78, 5) is 23.0. The van der Waals surface area contributed by atoms with Gasteiger partial charge in [0.05, 0.1) is 12.2 Å². The number of carbonyl (C=O) groups is 2. The molecule has 0 atom stereocenters. The van der Waals surface area contributed by atoms with Gasteiger partial charge < -0.3 is 10.1 Å². The van der Waals surface area contributed by atoms with Gasteiger partial charge in [0.15, 0.2) is 0 Å². The molecule has 1 rings (SSSR count). The van der Waals surface area contributed by atoms with Crippen molar-refractivity contribution >= 4 is 17.6 Å². The number of ether oxygens (including phenoxy) is 1. The van der Waals surface area contributed by atoms with Gasteiger partial charge in [-0.2, -0.15) is 0 Å². The lowest BCUT2D eigenvalue weighted by Gasteiger charge is -2.05. The molecule has 102 valence electrons. The van der Waals surface area contributed by atoms with Crippen LogP contribution < -0.4 is 5.32 Å². The molecule has 0 spiro atoms. The molecule has 0 unspecified atom stereocenters. The largest absolute Gasteiger partial charge is 0.462 e. The van der Waals surface area contributed by atoms with Gasteiger partial charge in [0.25, 0.3) is 0 Å². The fourth-order valence-corrected chi connectivity index (χ4v) is 1.42. The first-order valence-electron chi connectivity index (χ1n) is 6.38. The lowest BCUT2D eigenvalue weighted by molar-refractivity contribution is -0.111. The van der Waals surface area contributed by atoms with Crippen LogP contribution in [-0.2, 0) is 9.53 Å². The average Bonchev–Trinajstić information content (AvgIpc) is 2.40. The van der Waals surface area contributed by atoms with Crippen LogP contribution in [0.25, 0.3) is 0 Å². The maximum atomic E-state index is 11.6. The summed E-state index contributed by atoms with van der Waals surface area (Å²) in [5, 5.41) is 2.68. The highest BCUT2D eigenvalue weighted by atomic mass is 16.5. The van der Waals surface area contributed by atoms with Crippen molar-refractivity contribution in [2.24, 2.45) is 0 Å². The number of benzene rings is 1. The van der Waals surface area contributed by atoms with E-state index < -0.39 is 0 Å². The summed E-state index contributed by atoms with van der Waals surface area (Å²) in [7, 11) is 0. The zero-order valence-corrected chi connectivity index (χ0v) is 11.3. The summed E-state index contributed by atoms with van der Waals surface area (Å²) in [6.07, 6.45) is 4.95. The molecule has 0 aliphatic carbocycles. The minimum absolute atomic E-state index is 0.194. The van der Waals surface area contributed by atoms with Crippen molar-refractivity contribution in [2.75, 3.05) is 11.9 Å². The van der Waals surface area contributed by atoms with Gasteiger partial charge in [-0.3, -0.25) is 4.79 Å². The molecule has 0 fully saturated rings. The maximum absolute atomic E-state index is 11.6. The fourth-order valence-electron chi connectivity index (χ4n) is 1.42. The van der Waals surface area contributed by atoms with Crippen LogP contribution in [0.2, 0.25) is 0 Å². The molecular formula is C15H19NO3. The lowest BCUT2D eigenvalue weighted by atomic mass is 10.2. The number of carbonyl (C=O) groups excluding carboxylic acids is 2. The van der Waals surface area contributed by atoms with Crippen molar-refractivity contribution < 1.29 is 14.3 Å². The van der Waals surface area contributed by atoms with Gasteiger partial charge in [-0.15, -0.1) is 0 Å². The van der Waals surface area contributed by atoms with E-state index in [1.54, 1.807) is 37.3 Å². The van der Waals surface area contributed by atoms with E-state index in [1.807, 2.05) is 6.92 Å². The van der Waals surface area contributed by atoms with Gasteiger partial charge in [0.1, 0.15) is 0 Å². The van der Waals surface area contributed by atoms with Gasteiger partial charge >= 0.3 is 5.97 Å². The Morgan fingerprint density at radius 2 is 1.95 bits per heavy atom. The van der Waals surface area contributed by atoms with E-state index >= 15 is 0 Å². The van der Waals surface area contributed by atoms with Crippen LogP contribution in [0, 0.1) is 0 Å². The Kier molecular flexibility index (Phi) is 6.36. The second kappa shape index (κ2) is 8.08. The number of hydrogen-bond donors (Lipinski definition) is 1. The zero-order valence-electron chi connectivity index (χ0n) is 11.3. The Bertz CT molecular complexity index is 449. The molecule has 0 saturated carbocycles. The SMILES string of the molecule is CC=CC(=O)Nc1ccc(C(=O)OCCCC)cc1. The van der Waals surface area contributed by atoms with E-state index in [-0.39, 0.29) is 11.9 Å². The molecule has 4 heteroatoms. The van der Waals surface area contributed by atoms with E-state index in [0.717, 1.165) is 12.8 Å². The number of esters is 1. The van der Waals surface area contributed by atoms with Gasteiger partial charge in [-0.25, -0.2) is 4.79 Å². The Labute approximate surface area is 113 Å². The summed E-state index contributed by atoms with van der Waals surface area (Å²) in [5.74, 6) is -0.527. The molecule has 0 saturated heterocycles. The predicted octanol–water partition coefficient (Wildman–Crippen LogP) is 3.16. The molecule has 1 amide bonds. The van der Waals surface area contributed by atoms with E-state index in [0.29, 0.717) is 17.9 Å². The molecule has 19 heavy (non-hydrogen) atoms. The number of amides is 1. The molecule has 1 aromatic rings. The van der Waals surface area contributed by atoms with Gasteiger partial charge in [-0.05, 0) is 43.7 Å². The Morgan fingerprint density at radius 1 is 1.26 bits per heavy atom. The highest BCUT2D eigenvalue weighted by Crippen LogP contribution is 2.11. The van der Waals surface area contributed by atoms with Gasteiger partial charge in [0.2, 0.25) is 5.91 Å². The summed E-state index contributed by atoms with van der Waals surface area (Å²) < 4.78 is 5.09. The Morgan fingerprint density at radius 3 is 2.53 bits per heavy atom. The molecule has 0 bridgehead atoms. The van der Waals surface area contributed by atoms with Crippen molar-refractivity contribution in [3.63, 3.8) is 0 Å². The lowest BCUT2D eigenvalue weighted by Crippen LogP contribution is -2.09. The van der Waals surface area contributed by atoms with Gasteiger partial charge in [0, 0.05) is 5.69 Å². The number of rotatable bonds is 6. The summed E-state index contributed by atoms with van der Waals surface area (Å²) in [6, 6.07) is 6.63. The molecule has 0 radical (unpaired) electrons. The average molecular weight is 261 g/mol. The normalized spacial score (nSPS) is 10.4. The smallest absolute Gasteiger partial charge is 0.338 e. The van der Waals surface area contributed by atoms with Crippen LogP contribution in [0.1, 0.15) is 37.0 Å². The molecular weight excluding hydrogens is 242 g/mol. The third kappa shape index (κ3) is 5.38. The first-order valence-corrected chi connectivity index (χ1v) is 6.38. The molecule has 1 aromatic carbocycles.